The molecule has 0 saturated carbocycles. The van der Waals surface area contributed by atoms with E-state index in [2.05, 4.69) is 10.3 Å². The fraction of sp³-hybridized carbons (Fsp3) is 0.524. The second kappa shape index (κ2) is 9.24. The van der Waals surface area contributed by atoms with E-state index in [0.717, 1.165) is 18.3 Å². The molecule has 0 radical (unpaired) electrons. The summed E-state index contributed by atoms with van der Waals surface area (Å²) in [4.78, 5) is 18.0. The second-order valence-electron chi connectivity index (χ2n) is 7.97. The number of carbonyl (C=O) groups excluding carboxylic acids is 1. The van der Waals surface area contributed by atoms with Crippen LogP contribution in [0.5, 0.6) is 0 Å². The molecule has 3 heterocycles. The number of piperidine rings is 1. The average Bonchev–Trinajstić information content (AvgIpc) is 3.19. The Bertz CT molecular complexity index is 949. The number of pyridine rings is 1. The maximum Gasteiger partial charge on any atom is 0.424 e. The lowest BCUT2D eigenvalue weighted by Crippen LogP contribution is -2.46. The molecule has 0 aromatic carbocycles. The number of aromatic nitrogens is 1. The number of anilines is 1. The van der Waals surface area contributed by atoms with E-state index in [1.54, 1.807) is 4.90 Å². The minimum Gasteiger partial charge on any atom is -0.463 e. The van der Waals surface area contributed by atoms with Crippen molar-refractivity contribution in [2.45, 2.75) is 44.1 Å². The number of alkyl halides is 6. The van der Waals surface area contributed by atoms with E-state index < -0.39 is 54.1 Å². The van der Waals surface area contributed by atoms with Gasteiger partial charge in [0.2, 0.25) is 11.5 Å². The van der Waals surface area contributed by atoms with Gasteiger partial charge in [-0.2, -0.15) is 26.3 Å². The molecule has 1 aliphatic heterocycles. The first-order valence-electron chi connectivity index (χ1n) is 10.2. The minimum absolute atomic E-state index is 0.214. The van der Waals surface area contributed by atoms with Gasteiger partial charge in [-0.1, -0.05) is 0 Å². The van der Waals surface area contributed by atoms with Crippen molar-refractivity contribution in [3.8, 4) is 0 Å². The third-order valence-electron chi connectivity index (χ3n) is 5.67. The average molecular weight is 479 g/mol. The predicted octanol–water partition coefficient (Wildman–Crippen LogP) is 4.17. The molecule has 1 saturated heterocycles. The second-order valence-corrected chi connectivity index (χ2v) is 7.97. The molecular formula is C21H23F6N3O3. The van der Waals surface area contributed by atoms with Crippen LogP contribution >= 0.6 is 0 Å². The molecule has 33 heavy (non-hydrogen) atoms. The quantitative estimate of drug-likeness (QED) is 0.608. The number of amides is 1. The Morgan fingerprint density at radius 2 is 1.82 bits per heavy atom. The highest BCUT2D eigenvalue weighted by atomic mass is 19.4. The highest BCUT2D eigenvalue weighted by Crippen LogP contribution is 2.42. The van der Waals surface area contributed by atoms with Crippen LogP contribution in [0.1, 0.15) is 36.3 Å². The maximum atomic E-state index is 13.5. The van der Waals surface area contributed by atoms with Crippen LogP contribution in [0.4, 0.5) is 32.2 Å². The lowest BCUT2D eigenvalue weighted by Gasteiger charge is -2.32. The van der Waals surface area contributed by atoms with Gasteiger partial charge in [-0.05, 0) is 44.0 Å². The molecular weight excluding hydrogens is 456 g/mol. The number of hydrogen-bond acceptors (Lipinski definition) is 5. The highest BCUT2D eigenvalue weighted by molar-refractivity contribution is 5.79. The monoisotopic (exact) mass is 479 g/mol. The van der Waals surface area contributed by atoms with Crippen LogP contribution < -0.4 is 10.2 Å². The maximum absolute atomic E-state index is 13.5. The van der Waals surface area contributed by atoms with Crippen molar-refractivity contribution >= 4 is 11.7 Å². The molecule has 1 fully saturated rings. The van der Waals surface area contributed by atoms with E-state index in [-0.39, 0.29) is 5.76 Å². The van der Waals surface area contributed by atoms with Crippen molar-refractivity contribution in [1.82, 2.24) is 10.3 Å². The SMILES string of the molecule is Cc1ccc([C@@](O)(CCNC(=O)C2CCN(c3ccc(C(F)(F)F)cn3)CC2)C(F)(F)F)o1. The molecule has 182 valence electrons. The Hall–Kier alpha value is -2.76. The van der Waals surface area contributed by atoms with Crippen molar-refractivity contribution < 1.29 is 40.7 Å². The van der Waals surface area contributed by atoms with Crippen LogP contribution in [-0.2, 0) is 16.6 Å². The molecule has 12 heteroatoms. The van der Waals surface area contributed by atoms with E-state index in [4.69, 9.17) is 4.42 Å². The Kier molecular flexibility index (Phi) is 6.96. The van der Waals surface area contributed by atoms with Crippen molar-refractivity contribution in [2.75, 3.05) is 24.5 Å². The summed E-state index contributed by atoms with van der Waals surface area (Å²) in [5.41, 5.74) is -4.09. The summed E-state index contributed by atoms with van der Waals surface area (Å²) in [6, 6.07) is 4.56. The van der Waals surface area contributed by atoms with E-state index in [0.29, 0.717) is 31.7 Å². The number of nitrogens with zero attached hydrogens (tertiary/aromatic N) is 2. The lowest BCUT2D eigenvalue weighted by molar-refractivity contribution is -0.274. The fourth-order valence-electron chi connectivity index (χ4n) is 3.68. The fourth-order valence-corrected chi connectivity index (χ4v) is 3.68. The smallest absolute Gasteiger partial charge is 0.424 e. The van der Waals surface area contributed by atoms with E-state index >= 15 is 0 Å². The molecule has 0 spiro atoms. The van der Waals surface area contributed by atoms with Crippen LogP contribution in [0.3, 0.4) is 0 Å². The van der Waals surface area contributed by atoms with Crippen molar-refractivity contribution in [3.05, 3.63) is 47.5 Å². The summed E-state index contributed by atoms with van der Waals surface area (Å²) in [5.74, 6) is -0.994. The number of rotatable bonds is 6. The Morgan fingerprint density at radius 3 is 2.30 bits per heavy atom. The Morgan fingerprint density at radius 1 is 1.15 bits per heavy atom. The van der Waals surface area contributed by atoms with Gasteiger partial charge in [0, 0.05) is 38.2 Å². The molecule has 2 aromatic heterocycles. The van der Waals surface area contributed by atoms with Crippen LogP contribution in [0.25, 0.3) is 0 Å². The Labute approximate surface area is 185 Å². The molecule has 1 aliphatic rings. The summed E-state index contributed by atoms with van der Waals surface area (Å²) < 4.78 is 83.4. The van der Waals surface area contributed by atoms with Gasteiger partial charge in [-0.15, -0.1) is 0 Å². The molecule has 0 unspecified atom stereocenters. The first-order valence-corrected chi connectivity index (χ1v) is 10.2. The number of carbonyl (C=O) groups is 1. The van der Waals surface area contributed by atoms with Crippen LogP contribution in [0.2, 0.25) is 0 Å². The van der Waals surface area contributed by atoms with Crippen molar-refractivity contribution in [1.29, 1.82) is 0 Å². The van der Waals surface area contributed by atoms with E-state index in [9.17, 15) is 36.2 Å². The standard InChI is InChI=1S/C21H23F6N3O3/c1-13-2-4-16(33-13)19(32,21(25,26)27)8-9-28-18(31)14-6-10-30(11-7-14)17-5-3-15(12-29-17)20(22,23)24/h2-5,12,14,32H,6-11H2,1H3,(H,28,31)/t19-/m0/s1. The highest BCUT2D eigenvalue weighted by Gasteiger charge is 2.56. The normalized spacial score (nSPS) is 17.6. The molecule has 0 aliphatic carbocycles. The first kappa shape index (κ1) is 24.9. The van der Waals surface area contributed by atoms with Crippen LogP contribution in [0.15, 0.2) is 34.9 Å². The zero-order valence-corrected chi connectivity index (χ0v) is 17.6. The molecule has 2 aromatic rings. The number of aliphatic hydroxyl groups is 1. The van der Waals surface area contributed by atoms with Gasteiger partial charge in [0.1, 0.15) is 17.3 Å². The summed E-state index contributed by atoms with van der Waals surface area (Å²) in [5, 5.41) is 12.7. The summed E-state index contributed by atoms with van der Waals surface area (Å²) in [6.45, 7) is 1.74. The van der Waals surface area contributed by atoms with Gasteiger partial charge in [-0.3, -0.25) is 4.79 Å². The van der Waals surface area contributed by atoms with Gasteiger partial charge in [-0.25, -0.2) is 4.98 Å². The first-order chi connectivity index (χ1) is 15.3. The number of hydrogen-bond donors (Lipinski definition) is 2. The lowest BCUT2D eigenvalue weighted by atomic mass is 9.94. The number of furan rings is 1. The van der Waals surface area contributed by atoms with E-state index in [1.807, 2.05) is 0 Å². The Balaban J connectivity index is 1.52. The minimum atomic E-state index is -5.00. The topological polar surface area (TPSA) is 78.6 Å². The number of halogens is 6. The van der Waals surface area contributed by atoms with Crippen molar-refractivity contribution in [3.63, 3.8) is 0 Å². The number of aryl methyl sites for hydroxylation is 1. The largest absolute Gasteiger partial charge is 0.463 e. The molecule has 1 amide bonds. The molecule has 3 rings (SSSR count). The summed E-state index contributed by atoms with van der Waals surface area (Å²) in [7, 11) is 0. The molecule has 1 atom stereocenters. The van der Waals surface area contributed by atoms with Gasteiger partial charge in [0.05, 0.1) is 5.56 Å². The predicted molar refractivity (Wildman–Crippen MR) is 105 cm³/mol. The van der Waals surface area contributed by atoms with Gasteiger partial charge in [0.15, 0.2) is 0 Å². The molecule has 2 N–H and O–H groups in total. The third kappa shape index (κ3) is 5.60. The van der Waals surface area contributed by atoms with Crippen molar-refractivity contribution in [2.24, 2.45) is 5.92 Å². The van der Waals surface area contributed by atoms with E-state index in [1.165, 1.54) is 19.1 Å². The van der Waals surface area contributed by atoms with Crippen LogP contribution in [-0.4, -0.2) is 41.8 Å². The van der Waals surface area contributed by atoms with Gasteiger partial charge >= 0.3 is 12.4 Å². The third-order valence-corrected chi connectivity index (χ3v) is 5.67. The zero-order valence-electron chi connectivity index (χ0n) is 17.6. The molecule has 6 nitrogen and oxygen atoms in total. The van der Waals surface area contributed by atoms with Gasteiger partial charge in [0.25, 0.3) is 0 Å². The summed E-state index contributed by atoms with van der Waals surface area (Å²) >= 11 is 0. The zero-order chi connectivity index (χ0) is 24.4. The van der Waals surface area contributed by atoms with Crippen LogP contribution in [0, 0.1) is 12.8 Å². The number of nitrogens with one attached hydrogen (secondary N) is 1. The summed E-state index contributed by atoms with van der Waals surface area (Å²) in [6.07, 6.45) is -8.84. The molecule has 0 bridgehead atoms. The van der Waals surface area contributed by atoms with Gasteiger partial charge < -0.3 is 19.7 Å².